The fourth-order valence-corrected chi connectivity index (χ4v) is 4.33. The van der Waals surface area contributed by atoms with Crippen LogP contribution in [-0.4, -0.2) is 25.6 Å². The highest BCUT2D eigenvalue weighted by Gasteiger charge is 2.25. The fraction of sp³-hybridized carbons (Fsp3) is 0.250. The highest BCUT2D eigenvalue weighted by Crippen LogP contribution is 2.40. The first kappa shape index (κ1) is 22.5. The van der Waals surface area contributed by atoms with Crippen molar-refractivity contribution in [2.75, 3.05) is 19.0 Å². The van der Waals surface area contributed by atoms with E-state index in [2.05, 4.69) is 12.2 Å². The van der Waals surface area contributed by atoms with Crippen molar-refractivity contribution in [3.05, 3.63) is 70.4 Å². The van der Waals surface area contributed by atoms with Gasteiger partial charge in [0, 0.05) is 10.4 Å². The van der Waals surface area contributed by atoms with Crippen LogP contribution in [-0.2, 0) is 16.0 Å². The molecule has 162 valence electrons. The molecule has 1 amide bonds. The Hall–Kier alpha value is -3.19. The van der Waals surface area contributed by atoms with Gasteiger partial charge in [0.25, 0.3) is 5.91 Å². The van der Waals surface area contributed by atoms with Crippen LogP contribution in [0.5, 0.6) is 5.75 Å². The highest BCUT2D eigenvalue weighted by atomic mass is 32.1. The maximum atomic E-state index is 13.3. The standard InChI is InChI=1S/C24H24FNO4S/c1-4-5-16-6-12-19(13-7-16)30-14-20(27)26-23-22(24(28)29-3)21(15(2)31-23)17-8-10-18(25)11-9-17/h6-13H,4-5,14H2,1-3H3,(H,26,27). The van der Waals surface area contributed by atoms with Crippen molar-refractivity contribution in [1.29, 1.82) is 0 Å². The van der Waals surface area contributed by atoms with Crippen LogP contribution in [0.2, 0.25) is 0 Å². The number of anilines is 1. The first-order valence-corrected chi connectivity index (χ1v) is 10.7. The van der Waals surface area contributed by atoms with Crippen LogP contribution in [0.4, 0.5) is 9.39 Å². The van der Waals surface area contributed by atoms with Crippen molar-refractivity contribution >= 4 is 28.2 Å². The minimum Gasteiger partial charge on any atom is -0.484 e. The van der Waals surface area contributed by atoms with Crippen LogP contribution in [0.15, 0.2) is 48.5 Å². The summed E-state index contributed by atoms with van der Waals surface area (Å²) in [6.45, 7) is 3.75. The summed E-state index contributed by atoms with van der Waals surface area (Å²) in [6.07, 6.45) is 2.05. The number of hydrogen-bond donors (Lipinski definition) is 1. The van der Waals surface area contributed by atoms with E-state index in [-0.39, 0.29) is 18.0 Å². The number of esters is 1. The van der Waals surface area contributed by atoms with Gasteiger partial charge in [-0.2, -0.15) is 0 Å². The predicted octanol–water partition coefficient (Wildman–Crippen LogP) is 5.62. The van der Waals surface area contributed by atoms with Crippen molar-refractivity contribution in [1.82, 2.24) is 0 Å². The van der Waals surface area contributed by atoms with E-state index in [4.69, 9.17) is 9.47 Å². The lowest BCUT2D eigenvalue weighted by molar-refractivity contribution is -0.118. The number of methoxy groups -OCH3 is 1. The van der Waals surface area contributed by atoms with Crippen molar-refractivity contribution in [2.45, 2.75) is 26.7 Å². The molecule has 1 heterocycles. The Morgan fingerprint density at radius 2 is 1.74 bits per heavy atom. The van der Waals surface area contributed by atoms with Gasteiger partial charge in [0.15, 0.2) is 6.61 Å². The Morgan fingerprint density at radius 3 is 2.35 bits per heavy atom. The summed E-state index contributed by atoms with van der Waals surface area (Å²) in [6, 6.07) is 13.5. The maximum absolute atomic E-state index is 13.3. The van der Waals surface area contributed by atoms with E-state index < -0.39 is 11.9 Å². The van der Waals surface area contributed by atoms with Crippen LogP contribution in [0.1, 0.15) is 34.1 Å². The largest absolute Gasteiger partial charge is 0.484 e. The normalized spacial score (nSPS) is 10.6. The molecule has 31 heavy (non-hydrogen) atoms. The molecule has 0 aliphatic heterocycles. The molecule has 2 aromatic carbocycles. The second kappa shape index (κ2) is 10.2. The number of nitrogens with one attached hydrogen (secondary N) is 1. The van der Waals surface area contributed by atoms with Gasteiger partial charge in [-0.25, -0.2) is 9.18 Å². The molecule has 3 rings (SSSR count). The first-order chi connectivity index (χ1) is 14.9. The molecule has 1 aromatic heterocycles. The summed E-state index contributed by atoms with van der Waals surface area (Å²) in [5, 5.41) is 3.12. The molecule has 0 aliphatic carbocycles. The van der Waals surface area contributed by atoms with E-state index >= 15 is 0 Å². The summed E-state index contributed by atoms with van der Waals surface area (Å²) in [5.41, 5.74) is 2.73. The van der Waals surface area contributed by atoms with Gasteiger partial charge in [-0.05, 0) is 48.7 Å². The fourth-order valence-electron chi connectivity index (χ4n) is 3.25. The van der Waals surface area contributed by atoms with Crippen molar-refractivity contribution in [3.8, 4) is 16.9 Å². The molecule has 0 unspecified atom stereocenters. The third-order valence-electron chi connectivity index (χ3n) is 4.69. The maximum Gasteiger partial charge on any atom is 0.341 e. The van der Waals surface area contributed by atoms with Crippen LogP contribution < -0.4 is 10.1 Å². The minimum atomic E-state index is -0.577. The van der Waals surface area contributed by atoms with Gasteiger partial charge >= 0.3 is 5.97 Å². The minimum absolute atomic E-state index is 0.198. The molecule has 5 nitrogen and oxygen atoms in total. The van der Waals surface area contributed by atoms with Crippen molar-refractivity contribution in [2.24, 2.45) is 0 Å². The number of rotatable bonds is 8. The number of carbonyl (C=O) groups excluding carboxylic acids is 2. The SMILES string of the molecule is CCCc1ccc(OCC(=O)Nc2sc(C)c(-c3ccc(F)cc3)c2C(=O)OC)cc1. The molecule has 3 aromatic rings. The van der Waals surface area contributed by atoms with E-state index in [1.165, 1.54) is 36.1 Å². The van der Waals surface area contributed by atoms with Gasteiger partial charge in [0.05, 0.1) is 7.11 Å². The molecule has 0 aliphatic rings. The molecular weight excluding hydrogens is 417 g/mol. The molecule has 0 radical (unpaired) electrons. The lowest BCUT2D eigenvalue weighted by atomic mass is 10.0. The molecule has 7 heteroatoms. The Kier molecular flexibility index (Phi) is 7.41. The van der Waals surface area contributed by atoms with Crippen LogP contribution in [0, 0.1) is 12.7 Å². The first-order valence-electron chi connectivity index (χ1n) is 9.92. The second-order valence-electron chi connectivity index (χ2n) is 6.97. The second-order valence-corrected chi connectivity index (χ2v) is 8.19. The molecular formula is C24H24FNO4S. The van der Waals surface area contributed by atoms with Crippen molar-refractivity contribution < 1.29 is 23.5 Å². The Morgan fingerprint density at radius 1 is 1.06 bits per heavy atom. The zero-order valence-electron chi connectivity index (χ0n) is 17.7. The van der Waals surface area contributed by atoms with Crippen LogP contribution >= 0.6 is 11.3 Å². The Labute approximate surface area is 184 Å². The number of hydrogen-bond acceptors (Lipinski definition) is 5. The van der Waals surface area contributed by atoms with Crippen LogP contribution in [0.25, 0.3) is 11.1 Å². The zero-order chi connectivity index (χ0) is 22.4. The molecule has 0 bridgehead atoms. The topological polar surface area (TPSA) is 64.6 Å². The van der Waals surface area contributed by atoms with E-state index in [1.54, 1.807) is 12.1 Å². The average Bonchev–Trinajstić information content (AvgIpc) is 3.09. The van der Waals surface area contributed by atoms with Crippen LogP contribution in [0.3, 0.4) is 0 Å². The lowest BCUT2D eigenvalue weighted by Gasteiger charge is -2.09. The number of thiophene rings is 1. The van der Waals surface area contributed by atoms with Gasteiger partial charge in [-0.1, -0.05) is 37.6 Å². The van der Waals surface area contributed by atoms with Gasteiger partial charge < -0.3 is 14.8 Å². The Balaban J connectivity index is 1.77. The van der Waals surface area contributed by atoms with Gasteiger partial charge in [-0.15, -0.1) is 11.3 Å². The molecule has 0 saturated carbocycles. The number of aryl methyl sites for hydroxylation is 2. The molecule has 0 fully saturated rings. The molecule has 0 spiro atoms. The van der Waals surface area contributed by atoms with E-state index in [9.17, 15) is 14.0 Å². The molecule has 1 N–H and O–H groups in total. The number of benzene rings is 2. The smallest absolute Gasteiger partial charge is 0.341 e. The van der Waals surface area contributed by atoms with Gasteiger partial charge in [0.1, 0.15) is 22.1 Å². The van der Waals surface area contributed by atoms with Gasteiger partial charge in [-0.3, -0.25) is 4.79 Å². The monoisotopic (exact) mass is 441 g/mol. The lowest BCUT2D eigenvalue weighted by Crippen LogP contribution is -2.21. The summed E-state index contributed by atoms with van der Waals surface area (Å²) in [5.74, 6) is -0.747. The van der Waals surface area contributed by atoms with E-state index in [1.807, 2.05) is 31.2 Å². The third-order valence-corrected chi connectivity index (χ3v) is 5.71. The Bertz CT molecular complexity index is 1060. The predicted molar refractivity (Wildman–Crippen MR) is 120 cm³/mol. The zero-order valence-corrected chi connectivity index (χ0v) is 18.5. The van der Waals surface area contributed by atoms with E-state index in [0.717, 1.165) is 17.7 Å². The average molecular weight is 442 g/mol. The number of amides is 1. The molecule has 0 atom stereocenters. The number of halogens is 1. The summed E-state index contributed by atoms with van der Waals surface area (Å²) < 4.78 is 23.8. The quantitative estimate of drug-likeness (QED) is 0.461. The third kappa shape index (κ3) is 5.49. The van der Waals surface area contributed by atoms with Crippen molar-refractivity contribution in [3.63, 3.8) is 0 Å². The summed E-state index contributed by atoms with van der Waals surface area (Å²) in [7, 11) is 1.28. The highest BCUT2D eigenvalue weighted by molar-refractivity contribution is 7.17. The molecule has 0 saturated heterocycles. The summed E-state index contributed by atoms with van der Waals surface area (Å²) in [4.78, 5) is 25.8. The summed E-state index contributed by atoms with van der Waals surface area (Å²) >= 11 is 1.26. The van der Waals surface area contributed by atoms with Gasteiger partial charge in [0.2, 0.25) is 0 Å². The van der Waals surface area contributed by atoms with E-state index in [0.29, 0.717) is 21.9 Å². The number of carbonyl (C=O) groups is 2. The number of ether oxygens (including phenoxy) is 2.